The molecule has 7 nitrogen and oxygen atoms in total. The average molecular weight is 407 g/mol. The lowest BCUT2D eigenvalue weighted by molar-refractivity contribution is -0.140. The predicted octanol–water partition coefficient (Wildman–Crippen LogP) is 1.62. The van der Waals surface area contributed by atoms with E-state index < -0.39 is 0 Å². The first-order chi connectivity index (χ1) is 14.0. The second-order valence-electron chi connectivity index (χ2n) is 8.96. The van der Waals surface area contributed by atoms with Crippen LogP contribution in [0.3, 0.4) is 0 Å². The van der Waals surface area contributed by atoms with Crippen molar-refractivity contribution < 1.29 is 14.4 Å². The molecule has 0 spiro atoms. The lowest BCUT2D eigenvalue weighted by Gasteiger charge is -2.39. The van der Waals surface area contributed by atoms with Gasteiger partial charge in [-0.15, -0.1) is 0 Å². The van der Waals surface area contributed by atoms with Crippen LogP contribution in [0.15, 0.2) is 0 Å². The molecule has 3 fully saturated rings. The molecular formula is C22H38N4O3. The van der Waals surface area contributed by atoms with Crippen molar-refractivity contribution in [2.45, 2.75) is 70.8 Å². The number of piperazine rings is 1. The van der Waals surface area contributed by atoms with Crippen LogP contribution >= 0.6 is 0 Å². The fraction of sp³-hybridized carbons (Fsp3) is 0.864. The Morgan fingerprint density at radius 1 is 0.828 bits per heavy atom. The van der Waals surface area contributed by atoms with Crippen molar-refractivity contribution in [3.05, 3.63) is 0 Å². The molecule has 2 heterocycles. The molecule has 2 saturated heterocycles. The summed E-state index contributed by atoms with van der Waals surface area (Å²) >= 11 is 0. The van der Waals surface area contributed by atoms with E-state index >= 15 is 0 Å². The molecule has 7 heteroatoms. The summed E-state index contributed by atoms with van der Waals surface area (Å²) in [6, 6.07) is -0.124. The summed E-state index contributed by atoms with van der Waals surface area (Å²) in [6.45, 7) is 6.49. The number of hydrogen-bond donors (Lipinski definition) is 1. The normalized spacial score (nSPS) is 22.9. The smallest absolute Gasteiger partial charge is 0.242 e. The molecule has 0 radical (unpaired) electrons. The third-order valence-electron chi connectivity index (χ3n) is 6.88. The van der Waals surface area contributed by atoms with Crippen LogP contribution in [0.4, 0.5) is 0 Å². The molecule has 3 amide bonds. The van der Waals surface area contributed by atoms with Crippen LogP contribution in [-0.2, 0) is 14.4 Å². The van der Waals surface area contributed by atoms with Crippen LogP contribution in [0, 0.1) is 5.92 Å². The first kappa shape index (κ1) is 22.1. The van der Waals surface area contributed by atoms with E-state index in [-0.39, 0.29) is 30.3 Å². The molecule has 0 aromatic heterocycles. The summed E-state index contributed by atoms with van der Waals surface area (Å²) in [4.78, 5) is 43.3. The lowest BCUT2D eigenvalue weighted by atomic mass is 9.87. The Kier molecular flexibility index (Phi) is 8.33. The number of carbonyl (C=O) groups excluding carboxylic acids is 3. The van der Waals surface area contributed by atoms with Crippen LogP contribution in [-0.4, -0.2) is 84.3 Å². The fourth-order valence-corrected chi connectivity index (χ4v) is 4.90. The molecule has 3 rings (SSSR count). The minimum atomic E-state index is -0.124. The SMILES string of the molecule is CC(C(=O)N1CCCCC1)N1CCN(C(=O)CNC(=O)CC2CCCCC2)CC1. The zero-order chi connectivity index (χ0) is 20.6. The third-order valence-corrected chi connectivity index (χ3v) is 6.88. The van der Waals surface area contributed by atoms with Crippen LogP contribution in [0.1, 0.15) is 64.7 Å². The molecule has 29 heavy (non-hydrogen) atoms. The van der Waals surface area contributed by atoms with Gasteiger partial charge in [0.2, 0.25) is 17.7 Å². The molecular weight excluding hydrogens is 368 g/mol. The van der Waals surface area contributed by atoms with Gasteiger partial charge in [0.1, 0.15) is 0 Å². The van der Waals surface area contributed by atoms with Crippen LogP contribution in [0.5, 0.6) is 0 Å². The second kappa shape index (κ2) is 11.0. The van der Waals surface area contributed by atoms with Crippen molar-refractivity contribution in [3.8, 4) is 0 Å². The maximum Gasteiger partial charge on any atom is 0.242 e. The highest BCUT2D eigenvalue weighted by atomic mass is 16.2. The number of likely N-dealkylation sites (tertiary alicyclic amines) is 1. The minimum absolute atomic E-state index is 0.00429. The van der Waals surface area contributed by atoms with Gasteiger partial charge in [-0.1, -0.05) is 19.3 Å². The van der Waals surface area contributed by atoms with Gasteiger partial charge in [0.15, 0.2) is 0 Å². The topological polar surface area (TPSA) is 73.0 Å². The van der Waals surface area contributed by atoms with Crippen molar-refractivity contribution in [2.24, 2.45) is 5.92 Å². The quantitative estimate of drug-likeness (QED) is 0.728. The van der Waals surface area contributed by atoms with Gasteiger partial charge in [-0.05, 0) is 44.9 Å². The monoisotopic (exact) mass is 406 g/mol. The van der Waals surface area contributed by atoms with E-state index in [1.54, 1.807) is 0 Å². The van der Waals surface area contributed by atoms with E-state index in [0.29, 0.717) is 38.5 Å². The van der Waals surface area contributed by atoms with E-state index in [0.717, 1.165) is 38.8 Å². The fourth-order valence-electron chi connectivity index (χ4n) is 4.90. The van der Waals surface area contributed by atoms with Crippen LogP contribution < -0.4 is 5.32 Å². The van der Waals surface area contributed by atoms with Gasteiger partial charge in [-0.25, -0.2) is 0 Å². The van der Waals surface area contributed by atoms with Gasteiger partial charge in [-0.3, -0.25) is 19.3 Å². The molecule has 1 N–H and O–H groups in total. The average Bonchev–Trinajstić information content (AvgIpc) is 2.78. The van der Waals surface area contributed by atoms with Gasteiger partial charge < -0.3 is 15.1 Å². The molecule has 1 atom stereocenters. The molecule has 3 aliphatic rings. The Hall–Kier alpha value is -1.63. The highest BCUT2D eigenvalue weighted by Gasteiger charge is 2.30. The summed E-state index contributed by atoms with van der Waals surface area (Å²) < 4.78 is 0. The van der Waals surface area contributed by atoms with Gasteiger partial charge in [0, 0.05) is 45.7 Å². The molecule has 0 aromatic carbocycles. The Labute approximate surface area is 175 Å². The maximum absolute atomic E-state index is 12.7. The van der Waals surface area contributed by atoms with Gasteiger partial charge in [0.05, 0.1) is 12.6 Å². The van der Waals surface area contributed by atoms with Crippen LogP contribution in [0.25, 0.3) is 0 Å². The first-order valence-electron chi connectivity index (χ1n) is 11.6. The van der Waals surface area contributed by atoms with Crippen molar-refractivity contribution in [1.29, 1.82) is 0 Å². The number of rotatable bonds is 6. The largest absolute Gasteiger partial charge is 0.347 e. The van der Waals surface area contributed by atoms with Crippen molar-refractivity contribution in [3.63, 3.8) is 0 Å². The molecule has 2 aliphatic heterocycles. The Morgan fingerprint density at radius 2 is 1.45 bits per heavy atom. The molecule has 1 saturated carbocycles. The molecule has 0 bridgehead atoms. The maximum atomic E-state index is 12.7. The lowest BCUT2D eigenvalue weighted by Crippen LogP contribution is -2.56. The van der Waals surface area contributed by atoms with Crippen molar-refractivity contribution >= 4 is 17.7 Å². The van der Waals surface area contributed by atoms with Crippen molar-refractivity contribution in [2.75, 3.05) is 45.8 Å². The van der Waals surface area contributed by atoms with Crippen molar-refractivity contribution in [1.82, 2.24) is 20.0 Å². The van der Waals surface area contributed by atoms with Gasteiger partial charge in [0.25, 0.3) is 0 Å². The number of nitrogens with one attached hydrogen (secondary N) is 1. The highest BCUT2D eigenvalue weighted by molar-refractivity contribution is 5.85. The van der Waals surface area contributed by atoms with E-state index in [1.807, 2.05) is 16.7 Å². The molecule has 1 unspecified atom stereocenters. The number of piperidine rings is 1. The Balaban J connectivity index is 1.35. The van der Waals surface area contributed by atoms with E-state index in [4.69, 9.17) is 0 Å². The summed E-state index contributed by atoms with van der Waals surface area (Å²) in [5, 5.41) is 2.82. The number of hydrogen-bond acceptors (Lipinski definition) is 4. The van der Waals surface area contributed by atoms with E-state index in [2.05, 4.69) is 10.2 Å². The summed E-state index contributed by atoms with van der Waals surface area (Å²) in [5.74, 6) is 0.696. The standard InChI is InChI=1S/C22H38N4O3/c1-18(22(29)26-10-6-3-7-11-26)24-12-14-25(15-13-24)21(28)17-23-20(27)16-19-8-4-2-5-9-19/h18-19H,2-17H2,1H3,(H,23,27). The molecule has 0 aromatic rings. The number of carbonyl (C=O) groups is 3. The van der Waals surface area contributed by atoms with E-state index in [9.17, 15) is 14.4 Å². The number of nitrogens with zero attached hydrogens (tertiary/aromatic N) is 3. The number of amides is 3. The molecule has 1 aliphatic carbocycles. The second-order valence-corrected chi connectivity index (χ2v) is 8.96. The zero-order valence-electron chi connectivity index (χ0n) is 18.0. The van der Waals surface area contributed by atoms with Crippen LogP contribution in [0.2, 0.25) is 0 Å². The highest BCUT2D eigenvalue weighted by Crippen LogP contribution is 2.26. The first-order valence-corrected chi connectivity index (χ1v) is 11.6. The minimum Gasteiger partial charge on any atom is -0.347 e. The Bertz CT molecular complexity index is 562. The zero-order valence-corrected chi connectivity index (χ0v) is 18.0. The molecule has 164 valence electrons. The predicted molar refractivity (Wildman–Crippen MR) is 112 cm³/mol. The Morgan fingerprint density at radius 3 is 2.10 bits per heavy atom. The summed E-state index contributed by atoms with van der Waals surface area (Å²) in [6.07, 6.45) is 9.98. The van der Waals surface area contributed by atoms with E-state index in [1.165, 1.54) is 25.7 Å². The summed E-state index contributed by atoms with van der Waals surface area (Å²) in [7, 11) is 0. The summed E-state index contributed by atoms with van der Waals surface area (Å²) in [5.41, 5.74) is 0. The third kappa shape index (κ3) is 6.43. The van der Waals surface area contributed by atoms with Gasteiger partial charge >= 0.3 is 0 Å². The van der Waals surface area contributed by atoms with Gasteiger partial charge in [-0.2, -0.15) is 0 Å².